The largest absolute Gasteiger partial charge is 0.547 e. The third-order valence-corrected chi connectivity index (χ3v) is 11.1. The lowest BCUT2D eigenvalue weighted by Crippen LogP contribution is -2.54. The summed E-state index contributed by atoms with van der Waals surface area (Å²) in [4.78, 5) is 26.4. The lowest BCUT2D eigenvalue weighted by Gasteiger charge is -2.47. The Labute approximate surface area is 164 Å². The van der Waals surface area contributed by atoms with Crippen molar-refractivity contribution in [1.29, 1.82) is 0 Å². The first kappa shape index (κ1) is 21.7. The van der Waals surface area contributed by atoms with Gasteiger partial charge in [0.15, 0.2) is 0 Å². The first-order valence-corrected chi connectivity index (χ1v) is 12.7. The van der Waals surface area contributed by atoms with Gasteiger partial charge in [0.25, 0.3) is 0 Å². The molecular weight excluding hydrogens is 358 g/mol. The summed E-state index contributed by atoms with van der Waals surface area (Å²) in [5.41, 5.74) is -0.558. The van der Waals surface area contributed by atoms with E-state index >= 15 is 0 Å². The van der Waals surface area contributed by atoms with E-state index in [1.54, 1.807) is 11.0 Å². The third kappa shape index (κ3) is 4.00. The molecule has 0 saturated heterocycles. The van der Waals surface area contributed by atoms with Crippen LogP contribution in [0.4, 0.5) is 4.79 Å². The lowest BCUT2D eigenvalue weighted by molar-refractivity contribution is -0.121. The van der Waals surface area contributed by atoms with Gasteiger partial charge in [-0.15, -0.1) is 6.58 Å². The molecule has 0 aromatic heterocycles. The normalized spacial score (nSPS) is 28.0. The zero-order valence-corrected chi connectivity index (χ0v) is 18.7. The van der Waals surface area contributed by atoms with Crippen molar-refractivity contribution in [2.45, 2.75) is 70.6 Å². The van der Waals surface area contributed by atoms with Crippen molar-refractivity contribution < 1.29 is 18.8 Å². The molecule has 27 heavy (non-hydrogen) atoms. The smallest absolute Gasteiger partial charge is 0.410 e. The van der Waals surface area contributed by atoms with E-state index in [4.69, 9.17) is 9.16 Å². The molecule has 0 aliphatic heterocycles. The second-order valence-corrected chi connectivity index (χ2v) is 14.1. The molecule has 2 aliphatic carbocycles. The van der Waals surface area contributed by atoms with Crippen LogP contribution in [0.3, 0.4) is 0 Å². The fraction of sp³-hybridized carbons (Fsp3) is 0.714. The van der Waals surface area contributed by atoms with Crippen molar-refractivity contribution >= 4 is 20.7 Å². The molecule has 3 atom stereocenters. The maximum absolute atomic E-state index is 12.5. The van der Waals surface area contributed by atoms with Crippen LogP contribution in [-0.2, 0) is 14.0 Å². The first-order valence-electron chi connectivity index (χ1n) is 9.84. The van der Waals surface area contributed by atoms with E-state index in [0.29, 0.717) is 6.54 Å². The average Bonchev–Trinajstić information content (AvgIpc) is 3.01. The van der Waals surface area contributed by atoms with Crippen LogP contribution >= 0.6 is 0 Å². The fourth-order valence-corrected chi connectivity index (χ4v) is 5.28. The van der Waals surface area contributed by atoms with E-state index < -0.39 is 19.8 Å². The van der Waals surface area contributed by atoms with E-state index in [0.717, 1.165) is 37.7 Å². The highest BCUT2D eigenvalue weighted by Crippen LogP contribution is 2.53. The second-order valence-electron chi connectivity index (χ2n) is 9.37. The maximum Gasteiger partial charge on any atom is 0.410 e. The topological polar surface area (TPSA) is 55.8 Å². The summed E-state index contributed by atoms with van der Waals surface area (Å²) in [6.07, 6.45) is 7.87. The SMILES string of the molecule is C=CCN(C(=O)OC)[C@H]1C=C(O[Si](C)(C)C(C)(C)C)C[C@@H]2CCC[C@@]21C=O. The standard InChI is InChI=1S/C21H35NO4Si/c1-8-12-22(19(24)25-5)18-14-17(26-27(6,7)20(2,3)4)13-16-10-9-11-21(16,18)15-23/h8,14-16,18H,1,9-13H2,2-7H3/t16-,18-,21+/m0/s1. The van der Waals surface area contributed by atoms with Crippen LogP contribution in [-0.4, -0.2) is 45.3 Å². The molecule has 0 radical (unpaired) electrons. The van der Waals surface area contributed by atoms with Gasteiger partial charge in [0, 0.05) is 13.0 Å². The molecule has 0 unspecified atom stereocenters. The molecule has 1 amide bonds. The van der Waals surface area contributed by atoms with Crippen LogP contribution < -0.4 is 0 Å². The number of amides is 1. The molecule has 2 rings (SSSR count). The quantitative estimate of drug-likeness (QED) is 0.366. The molecule has 1 fully saturated rings. The van der Waals surface area contributed by atoms with Crippen molar-refractivity contribution in [2.24, 2.45) is 11.3 Å². The molecule has 0 spiro atoms. The highest BCUT2D eigenvalue weighted by Gasteiger charge is 2.54. The Morgan fingerprint density at radius 3 is 2.63 bits per heavy atom. The monoisotopic (exact) mass is 393 g/mol. The minimum atomic E-state index is -2.00. The number of aldehydes is 1. The average molecular weight is 394 g/mol. The van der Waals surface area contributed by atoms with E-state index in [-0.39, 0.29) is 17.0 Å². The number of carbonyl (C=O) groups is 2. The minimum Gasteiger partial charge on any atom is -0.547 e. The predicted molar refractivity (Wildman–Crippen MR) is 110 cm³/mol. The van der Waals surface area contributed by atoms with Crippen LogP contribution in [0.5, 0.6) is 0 Å². The van der Waals surface area contributed by atoms with E-state index in [1.807, 2.05) is 6.08 Å². The summed E-state index contributed by atoms with van der Waals surface area (Å²) in [6.45, 7) is 15.2. The van der Waals surface area contributed by atoms with Crippen molar-refractivity contribution in [3.05, 3.63) is 24.5 Å². The van der Waals surface area contributed by atoms with Crippen molar-refractivity contribution in [3.63, 3.8) is 0 Å². The Morgan fingerprint density at radius 1 is 1.44 bits per heavy atom. The summed E-state index contributed by atoms with van der Waals surface area (Å²) in [6, 6.07) is -0.360. The van der Waals surface area contributed by atoms with Gasteiger partial charge in [-0.05, 0) is 43.0 Å². The maximum atomic E-state index is 12.5. The Hall–Kier alpha value is -1.56. The van der Waals surface area contributed by atoms with Gasteiger partial charge in [-0.2, -0.15) is 0 Å². The summed E-state index contributed by atoms with van der Waals surface area (Å²) < 4.78 is 11.6. The van der Waals surface area contributed by atoms with E-state index in [2.05, 4.69) is 40.4 Å². The Balaban J connectivity index is 2.47. The number of carbonyl (C=O) groups excluding carboxylic acids is 2. The zero-order valence-electron chi connectivity index (χ0n) is 17.7. The Kier molecular flexibility index (Phi) is 6.29. The molecule has 0 aromatic carbocycles. The van der Waals surface area contributed by atoms with Gasteiger partial charge in [0.05, 0.1) is 24.3 Å². The van der Waals surface area contributed by atoms with Crippen LogP contribution in [0.2, 0.25) is 18.1 Å². The summed E-state index contributed by atoms with van der Waals surface area (Å²) >= 11 is 0. The zero-order chi connectivity index (χ0) is 20.5. The number of hydrogen-bond donors (Lipinski definition) is 0. The number of nitrogens with zero attached hydrogens (tertiary/aromatic N) is 1. The van der Waals surface area contributed by atoms with Crippen LogP contribution in [0, 0.1) is 11.3 Å². The molecule has 5 nitrogen and oxygen atoms in total. The van der Waals surface area contributed by atoms with Crippen LogP contribution in [0.25, 0.3) is 0 Å². The Morgan fingerprint density at radius 2 is 2.11 bits per heavy atom. The van der Waals surface area contributed by atoms with E-state index in [1.165, 1.54) is 7.11 Å². The number of hydrogen-bond acceptors (Lipinski definition) is 4. The number of rotatable bonds is 6. The highest BCUT2D eigenvalue weighted by atomic mass is 28.4. The van der Waals surface area contributed by atoms with E-state index in [9.17, 15) is 9.59 Å². The molecule has 1 saturated carbocycles. The van der Waals surface area contributed by atoms with Gasteiger partial charge in [-0.1, -0.05) is 33.3 Å². The number of fused-ring (bicyclic) bond motifs is 1. The lowest BCUT2D eigenvalue weighted by atomic mass is 9.67. The van der Waals surface area contributed by atoms with Crippen molar-refractivity contribution in [3.8, 4) is 0 Å². The summed E-state index contributed by atoms with van der Waals surface area (Å²) in [7, 11) is -0.628. The van der Waals surface area contributed by atoms with Gasteiger partial charge in [-0.25, -0.2) is 4.79 Å². The molecule has 0 N–H and O–H groups in total. The minimum absolute atomic E-state index is 0.0847. The van der Waals surface area contributed by atoms with Gasteiger partial charge < -0.3 is 14.0 Å². The third-order valence-electron chi connectivity index (χ3n) is 6.75. The van der Waals surface area contributed by atoms with Gasteiger partial charge >= 0.3 is 6.09 Å². The summed E-state index contributed by atoms with van der Waals surface area (Å²) in [5, 5.41) is 0.0847. The predicted octanol–water partition coefficient (Wildman–Crippen LogP) is 4.90. The molecule has 2 aliphatic rings. The molecule has 6 heteroatoms. The molecule has 0 heterocycles. The van der Waals surface area contributed by atoms with Crippen LogP contribution in [0.15, 0.2) is 24.5 Å². The first-order chi connectivity index (χ1) is 12.5. The fourth-order valence-electron chi connectivity index (χ4n) is 4.17. The highest BCUT2D eigenvalue weighted by molar-refractivity contribution is 6.74. The van der Waals surface area contributed by atoms with Gasteiger partial charge in [0.1, 0.15) is 6.29 Å². The van der Waals surface area contributed by atoms with Crippen molar-refractivity contribution in [2.75, 3.05) is 13.7 Å². The molecule has 0 bridgehead atoms. The van der Waals surface area contributed by atoms with Crippen LogP contribution in [0.1, 0.15) is 46.5 Å². The Bertz CT molecular complexity index is 622. The number of methoxy groups -OCH3 is 1. The summed E-state index contributed by atoms with van der Waals surface area (Å²) in [5.74, 6) is 1.12. The molecular formula is C21H35NO4Si. The van der Waals surface area contributed by atoms with Gasteiger partial charge in [-0.3, -0.25) is 4.90 Å². The van der Waals surface area contributed by atoms with Crippen molar-refractivity contribution in [1.82, 2.24) is 4.90 Å². The molecule has 0 aromatic rings. The number of allylic oxidation sites excluding steroid dienone is 1. The molecule has 152 valence electrons. The number of ether oxygens (including phenoxy) is 1. The second kappa shape index (κ2) is 7.82. The van der Waals surface area contributed by atoms with Gasteiger partial charge in [0.2, 0.25) is 8.32 Å².